The maximum absolute atomic E-state index is 11.3. The first-order chi connectivity index (χ1) is 14.3. The summed E-state index contributed by atoms with van der Waals surface area (Å²) in [5, 5.41) is 3.26. The minimum atomic E-state index is 0.545. The Morgan fingerprint density at radius 1 is 1.00 bits per heavy atom. The second-order valence-electron chi connectivity index (χ2n) is 6.76. The number of aliphatic imine (C=N–C) groups is 1. The van der Waals surface area contributed by atoms with Gasteiger partial charge in [-0.25, -0.2) is 0 Å². The Balaban J connectivity index is 1.50. The van der Waals surface area contributed by atoms with Crippen molar-refractivity contribution in [1.82, 2.24) is 10.2 Å². The largest absolute Gasteiger partial charge is 0.379 e. The van der Waals surface area contributed by atoms with E-state index >= 15 is 0 Å². The number of amidine groups is 1. The van der Waals surface area contributed by atoms with Crippen LogP contribution in [0.25, 0.3) is 0 Å². The fourth-order valence-electron chi connectivity index (χ4n) is 2.86. The molecule has 1 aromatic rings. The number of amides is 1. The van der Waals surface area contributed by atoms with Crippen molar-refractivity contribution in [3.05, 3.63) is 35.4 Å². The maximum atomic E-state index is 11.3. The lowest BCUT2D eigenvalue weighted by Crippen LogP contribution is -2.24. The molecule has 0 saturated heterocycles. The molecule has 0 atom stereocenters. The highest BCUT2D eigenvalue weighted by atomic mass is 16.5. The minimum absolute atomic E-state index is 0.545. The predicted molar refractivity (Wildman–Crippen MR) is 113 cm³/mol. The van der Waals surface area contributed by atoms with Crippen LogP contribution in [-0.4, -0.2) is 83.0 Å². The molecule has 8 heteroatoms. The van der Waals surface area contributed by atoms with Gasteiger partial charge in [0.25, 0.3) is 0 Å². The lowest BCUT2D eigenvalue weighted by molar-refractivity contribution is -0.118. The molecule has 0 unspecified atom stereocenters. The highest BCUT2D eigenvalue weighted by molar-refractivity contribution is 5.99. The Morgan fingerprint density at radius 3 is 2.24 bits per heavy atom. The van der Waals surface area contributed by atoms with Gasteiger partial charge in [-0.05, 0) is 24.9 Å². The number of nitrogens with two attached hydrogens (primary N) is 1. The van der Waals surface area contributed by atoms with Gasteiger partial charge in [0.15, 0.2) is 0 Å². The molecule has 1 aromatic carbocycles. The normalized spacial score (nSPS) is 13.2. The summed E-state index contributed by atoms with van der Waals surface area (Å²) in [5.74, 6) is 0.948. The van der Waals surface area contributed by atoms with E-state index in [9.17, 15) is 4.79 Å². The summed E-state index contributed by atoms with van der Waals surface area (Å²) in [6.07, 6.45) is 2.56. The highest BCUT2D eigenvalue weighted by Crippen LogP contribution is 2.09. The van der Waals surface area contributed by atoms with Crippen LogP contribution in [0.1, 0.15) is 24.0 Å². The van der Waals surface area contributed by atoms with Crippen molar-refractivity contribution in [3.63, 3.8) is 0 Å². The summed E-state index contributed by atoms with van der Waals surface area (Å²) in [6, 6.07) is 8.17. The molecule has 0 fully saturated rings. The topological polar surface area (TPSA) is 98.4 Å². The van der Waals surface area contributed by atoms with Crippen LogP contribution in [0.15, 0.2) is 29.3 Å². The number of carbonyl (C=O) groups is 1. The molecule has 0 radical (unpaired) electrons. The molecular formula is C21H34N4O4. The number of carbonyl (C=O) groups excluding carboxylic acids is 1. The van der Waals surface area contributed by atoms with Gasteiger partial charge in [-0.3, -0.25) is 9.79 Å². The Labute approximate surface area is 173 Å². The maximum Gasteiger partial charge on any atom is 0.210 e. The van der Waals surface area contributed by atoms with Crippen LogP contribution >= 0.6 is 0 Å². The minimum Gasteiger partial charge on any atom is -0.379 e. The molecule has 1 aliphatic heterocycles. The lowest BCUT2D eigenvalue weighted by Gasteiger charge is -2.17. The molecule has 0 spiro atoms. The molecule has 0 saturated carbocycles. The molecule has 8 nitrogen and oxygen atoms in total. The molecule has 0 aromatic heterocycles. The van der Waals surface area contributed by atoms with E-state index in [1.165, 1.54) is 0 Å². The first-order valence-electron chi connectivity index (χ1n) is 10.3. The van der Waals surface area contributed by atoms with Gasteiger partial charge in [0.1, 0.15) is 5.84 Å². The molecule has 1 amide bonds. The van der Waals surface area contributed by atoms with Gasteiger partial charge >= 0.3 is 0 Å². The summed E-state index contributed by atoms with van der Waals surface area (Å²) < 4.78 is 16.3. The van der Waals surface area contributed by atoms with E-state index in [2.05, 4.69) is 10.3 Å². The second-order valence-corrected chi connectivity index (χ2v) is 6.76. The van der Waals surface area contributed by atoms with Crippen molar-refractivity contribution < 1.29 is 19.0 Å². The summed E-state index contributed by atoms with van der Waals surface area (Å²) >= 11 is 0. The quantitative estimate of drug-likeness (QED) is 0.293. The van der Waals surface area contributed by atoms with Crippen molar-refractivity contribution in [1.29, 1.82) is 0 Å². The number of nitrogens with zero attached hydrogens (tertiary/aromatic N) is 2. The number of benzene rings is 1. The lowest BCUT2D eigenvalue weighted by atomic mass is 10.1. The van der Waals surface area contributed by atoms with Crippen LogP contribution in [0.3, 0.4) is 0 Å². The van der Waals surface area contributed by atoms with Crippen LogP contribution < -0.4 is 11.1 Å². The van der Waals surface area contributed by atoms with Crippen LogP contribution in [0, 0.1) is 0 Å². The smallest absolute Gasteiger partial charge is 0.210 e. The number of ether oxygens (including phenoxy) is 3. The number of hydrogen-bond donors (Lipinski definition) is 2. The molecule has 0 aliphatic carbocycles. The zero-order chi connectivity index (χ0) is 20.6. The third-order valence-electron chi connectivity index (χ3n) is 4.41. The Hall–Kier alpha value is -2.00. The van der Waals surface area contributed by atoms with Gasteiger partial charge in [-0.15, -0.1) is 0 Å². The van der Waals surface area contributed by atoms with Crippen LogP contribution in [0.5, 0.6) is 0 Å². The van der Waals surface area contributed by atoms with Crippen molar-refractivity contribution in [2.45, 2.75) is 19.4 Å². The van der Waals surface area contributed by atoms with Gasteiger partial charge in [0.05, 0.1) is 33.0 Å². The molecular weight excluding hydrogens is 372 g/mol. The SMILES string of the molecule is NCCCOCCOCCOCCCN(C=O)Cc1ccc(C2=NCCN2)cc1. The van der Waals surface area contributed by atoms with E-state index < -0.39 is 0 Å². The Kier molecular flexibility index (Phi) is 12.0. The fraction of sp³-hybridized carbons (Fsp3) is 0.619. The average molecular weight is 407 g/mol. The second kappa shape index (κ2) is 14.9. The van der Waals surface area contributed by atoms with Gasteiger partial charge in [0, 0.05) is 38.4 Å². The van der Waals surface area contributed by atoms with E-state index in [0.717, 1.165) is 49.3 Å². The van der Waals surface area contributed by atoms with Gasteiger partial charge < -0.3 is 30.2 Å². The first-order valence-corrected chi connectivity index (χ1v) is 10.3. The monoisotopic (exact) mass is 406 g/mol. The molecule has 162 valence electrons. The highest BCUT2D eigenvalue weighted by Gasteiger charge is 2.08. The molecule has 1 heterocycles. The van der Waals surface area contributed by atoms with Crippen molar-refractivity contribution in [2.75, 3.05) is 65.8 Å². The van der Waals surface area contributed by atoms with Crippen LogP contribution in [0.4, 0.5) is 0 Å². The summed E-state index contributed by atoms with van der Waals surface area (Å²) in [5.41, 5.74) is 7.57. The average Bonchev–Trinajstić information content (AvgIpc) is 3.29. The molecule has 29 heavy (non-hydrogen) atoms. The van der Waals surface area contributed by atoms with Gasteiger partial charge in [-0.1, -0.05) is 24.3 Å². The molecule has 0 bridgehead atoms. The van der Waals surface area contributed by atoms with Crippen LogP contribution in [0.2, 0.25) is 0 Å². The molecule has 3 N–H and O–H groups in total. The summed E-state index contributed by atoms with van der Waals surface area (Å²) in [6.45, 7) is 7.15. The van der Waals surface area contributed by atoms with Crippen molar-refractivity contribution in [2.24, 2.45) is 10.7 Å². The summed E-state index contributed by atoms with van der Waals surface area (Å²) in [4.78, 5) is 17.5. The van der Waals surface area contributed by atoms with E-state index in [4.69, 9.17) is 19.9 Å². The fourth-order valence-corrected chi connectivity index (χ4v) is 2.86. The Bertz CT molecular complexity index is 595. The van der Waals surface area contributed by atoms with E-state index in [1.54, 1.807) is 4.90 Å². The zero-order valence-corrected chi connectivity index (χ0v) is 17.2. The van der Waals surface area contributed by atoms with Gasteiger partial charge in [0.2, 0.25) is 6.41 Å². The Morgan fingerprint density at radius 2 is 1.66 bits per heavy atom. The van der Waals surface area contributed by atoms with Crippen molar-refractivity contribution >= 4 is 12.2 Å². The zero-order valence-electron chi connectivity index (χ0n) is 17.2. The number of nitrogens with one attached hydrogen (secondary N) is 1. The molecule has 2 rings (SSSR count). The summed E-state index contributed by atoms with van der Waals surface area (Å²) in [7, 11) is 0. The number of hydrogen-bond acceptors (Lipinski definition) is 7. The first kappa shape index (κ1) is 23.3. The molecule has 1 aliphatic rings. The third-order valence-corrected chi connectivity index (χ3v) is 4.41. The van der Waals surface area contributed by atoms with Gasteiger partial charge in [-0.2, -0.15) is 0 Å². The number of rotatable bonds is 17. The predicted octanol–water partition coefficient (Wildman–Crippen LogP) is 0.784. The van der Waals surface area contributed by atoms with Crippen molar-refractivity contribution in [3.8, 4) is 0 Å². The van der Waals surface area contributed by atoms with Crippen LogP contribution in [-0.2, 0) is 25.5 Å². The van der Waals surface area contributed by atoms with E-state index in [0.29, 0.717) is 59.3 Å². The van der Waals surface area contributed by atoms with E-state index in [1.807, 2.05) is 24.3 Å². The third kappa shape index (κ3) is 9.85. The standard InChI is InChI=1S/C21H34N4O4/c22-7-1-11-27-13-15-29-16-14-28-12-2-10-25(18-26)17-19-3-5-20(6-4-19)21-23-8-9-24-21/h3-6,18H,1-2,7-17,22H2,(H,23,24). The van der Waals surface area contributed by atoms with E-state index in [-0.39, 0.29) is 0 Å².